The van der Waals surface area contributed by atoms with Crippen molar-refractivity contribution >= 4 is 47.2 Å². The highest BCUT2D eigenvalue weighted by molar-refractivity contribution is 14.0. The maximum atomic E-state index is 12.3. The first kappa shape index (κ1) is 19.8. The molecule has 0 atom stereocenters. The van der Waals surface area contributed by atoms with Gasteiger partial charge in [0.2, 0.25) is 0 Å². The quantitative estimate of drug-likeness (QED) is 0.423. The first-order chi connectivity index (χ1) is 11.7. The molecule has 136 valence electrons. The second-order valence-corrected chi connectivity index (χ2v) is 7.04. The zero-order valence-electron chi connectivity index (χ0n) is 14.4. The zero-order chi connectivity index (χ0) is 16.9. The summed E-state index contributed by atoms with van der Waals surface area (Å²) in [6.07, 6.45) is 1.53. The Morgan fingerprint density at radius 2 is 1.96 bits per heavy atom. The van der Waals surface area contributed by atoms with Crippen LogP contribution in [-0.4, -0.2) is 54.9 Å². The Hall–Kier alpha value is -1.55. The number of carbonyl (C=O) groups excluding carboxylic acids is 1. The third-order valence-corrected chi connectivity index (χ3v) is 5.03. The molecule has 1 N–H and O–H groups in total. The van der Waals surface area contributed by atoms with Gasteiger partial charge >= 0.3 is 0 Å². The number of hydrogen-bond donors (Lipinski definition) is 1. The van der Waals surface area contributed by atoms with Crippen molar-refractivity contribution in [1.82, 2.24) is 15.1 Å². The maximum absolute atomic E-state index is 12.3. The molecule has 0 bridgehead atoms. The summed E-state index contributed by atoms with van der Waals surface area (Å²) in [6.45, 7) is 5.73. The lowest BCUT2D eigenvalue weighted by Crippen LogP contribution is -2.53. The van der Waals surface area contributed by atoms with Crippen LogP contribution in [0.25, 0.3) is 0 Å². The van der Waals surface area contributed by atoms with Gasteiger partial charge in [-0.1, -0.05) is 0 Å². The number of nitrogens with zero attached hydrogens (tertiary/aromatic N) is 3. The molecule has 8 heteroatoms. The molecule has 0 aromatic carbocycles. The Morgan fingerprint density at radius 1 is 1.24 bits per heavy atom. The van der Waals surface area contributed by atoms with E-state index in [2.05, 4.69) is 34.3 Å². The number of nitrogens with one attached hydrogen (secondary N) is 1. The third kappa shape index (κ3) is 4.97. The van der Waals surface area contributed by atoms with E-state index in [1.165, 1.54) is 16.0 Å². The minimum atomic E-state index is -0.0448. The number of piperazine rings is 1. The van der Waals surface area contributed by atoms with E-state index in [-0.39, 0.29) is 29.9 Å². The van der Waals surface area contributed by atoms with Crippen molar-refractivity contribution < 1.29 is 9.21 Å². The van der Waals surface area contributed by atoms with Crippen molar-refractivity contribution in [2.45, 2.75) is 13.5 Å². The van der Waals surface area contributed by atoms with Gasteiger partial charge in [0.25, 0.3) is 5.91 Å². The summed E-state index contributed by atoms with van der Waals surface area (Å²) in [5.41, 5.74) is 0. The fraction of sp³-hybridized carbons (Fsp3) is 0.412. The van der Waals surface area contributed by atoms with E-state index in [0.29, 0.717) is 18.8 Å². The van der Waals surface area contributed by atoms with E-state index in [9.17, 15) is 4.79 Å². The van der Waals surface area contributed by atoms with Gasteiger partial charge in [0.05, 0.1) is 12.8 Å². The molecule has 1 aliphatic heterocycles. The van der Waals surface area contributed by atoms with Gasteiger partial charge in [-0.25, -0.2) is 0 Å². The van der Waals surface area contributed by atoms with Crippen molar-refractivity contribution in [1.29, 1.82) is 0 Å². The number of carbonyl (C=O) groups is 1. The molecule has 0 aliphatic carbocycles. The summed E-state index contributed by atoms with van der Waals surface area (Å²) in [4.78, 5) is 23.3. The molecular formula is C17H23IN4O2S. The molecule has 2 aromatic rings. The SMILES string of the molecule is CN=C(NCc1ccc(C)s1)N1CCN(C(=O)c2ccco2)CC1.I. The van der Waals surface area contributed by atoms with Crippen LogP contribution in [0, 0.1) is 6.92 Å². The van der Waals surface area contributed by atoms with Crippen LogP contribution >= 0.6 is 35.3 Å². The van der Waals surface area contributed by atoms with E-state index in [4.69, 9.17) is 4.42 Å². The largest absolute Gasteiger partial charge is 0.459 e. The summed E-state index contributed by atoms with van der Waals surface area (Å²) in [7, 11) is 1.79. The minimum absolute atomic E-state index is 0. The zero-order valence-corrected chi connectivity index (χ0v) is 17.5. The number of hydrogen-bond acceptors (Lipinski definition) is 4. The Bertz CT molecular complexity index is 706. The summed E-state index contributed by atoms with van der Waals surface area (Å²) < 4.78 is 5.19. The molecule has 25 heavy (non-hydrogen) atoms. The Labute approximate surface area is 168 Å². The Morgan fingerprint density at radius 3 is 2.52 bits per heavy atom. The second-order valence-electron chi connectivity index (χ2n) is 5.67. The van der Waals surface area contributed by atoms with E-state index in [1.807, 2.05) is 4.90 Å². The van der Waals surface area contributed by atoms with Gasteiger partial charge in [0.15, 0.2) is 11.7 Å². The maximum Gasteiger partial charge on any atom is 0.289 e. The molecule has 2 aromatic heterocycles. The van der Waals surface area contributed by atoms with Gasteiger partial charge in [-0.05, 0) is 31.2 Å². The lowest BCUT2D eigenvalue weighted by atomic mass is 10.3. The van der Waals surface area contributed by atoms with Crippen LogP contribution in [0.5, 0.6) is 0 Å². The molecule has 0 saturated carbocycles. The predicted molar refractivity (Wildman–Crippen MR) is 111 cm³/mol. The van der Waals surface area contributed by atoms with Crippen LogP contribution < -0.4 is 5.32 Å². The highest BCUT2D eigenvalue weighted by Crippen LogP contribution is 2.15. The second kappa shape index (κ2) is 9.23. The van der Waals surface area contributed by atoms with Gasteiger partial charge in [-0.3, -0.25) is 9.79 Å². The molecule has 3 heterocycles. The van der Waals surface area contributed by atoms with Crippen LogP contribution in [0.15, 0.2) is 39.9 Å². The number of aliphatic imine (C=N–C) groups is 1. The predicted octanol–water partition coefficient (Wildman–Crippen LogP) is 2.80. The van der Waals surface area contributed by atoms with Crippen molar-refractivity contribution in [3.63, 3.8) is 0 Å². The standard InChI is InChI=1S/C17H22N4O2S.HI/c1-13-5-6-14(24-13)12-19-17(18-2)21-9-7-20(8-10-21)16(22)15-4-3-11-23-15;/h3-6,11H,7-10,12H2,1-2H3,(H,18,19);1H. The van der Waals surface area contributed by atoms with Crippen LogP contribution in [0.2, 0.25) is 0 Å². The monoisotopic (exact) mass is 474 g/mol. The number of guanidine groups is 1. The molecule has 1 saturated heterocycles. The van der Waals surface area contributed by atoms with E-state index in [0.717, 1.165) is 25.6 Å². The van der Waals surface area contributed by atoms with E-state index < -0.39 is 0 Å². The van der Waals surface area contributed by atoms with Crippen LogP contribution in [0.3, 0.4) is 0 Å². The van der Waals surface area contributed by atoms with Crippen LogP contribution in [0.1, 0.15) is 20.3 Å². The number of furan rings is 1. The molecule has 1 fully saturated rings. The van der Waals surface area contributed by atoms with Gasteiger partial charge in [-0.2, -0.15) is 0 Å². The first-order valence-electron chi connectivity index (χ1n) is 8.01. The lowest BCUT2D eigenvalue weighted by Gasteiger charge is -2.36. The number of thiophene rings is 1. The summed E-state index contributed by atoms with van der Waals surface area (Å²) >= 11 is 1.79. The summed E-state index contributed by atoms with van der Waals surface area (Å²) in [6, 6.07) is 7.71. The fourth-order valence-corrected chi connectivity index (χ4v) is 3.59. The molecular weight excluding hydrogens is 451 g/mol. The van der Waals surface area contributed by atoms with Gasteiger partial charge in [-0.15, -0.1) is 35.3 Å². The number of aryl methyl sites for hydroxylation is 1. The molecule has 0 unspecified atom stereocenters. The molecule has 0 spiro atoms. The van der Waals surface area contributed by atoms with Crippen LogP contribution in [-0.2, 0) is 6.54 Å². The molecule has 1 amide bonds. The average molecular weight is 474 g/mol. The Kier molecular flexibility index (Phi) is 7.30. The average Bonchev–Trinajstić information content (AvgIpc) is 3.27. The topological polar surface area (TPSA) is 61.1 Å². The van der Waals surface area contributed by atoms with E-state index >= 15 is 0 Å². The highest BCUT2D eigenvalue weighted by Gasteiger charge is 2.25. The minimum Gasteiger partial charge on any atom is -0.459 e. The summed E-state index contributed by atoms with van der Waals surface area (Å²) in [5.74, 6) is 1.24. The smallest absolute Gasteiger partial charge is 0.289 e. The van der Waals surface area contributed by atoms with Gasteiger partial charge in [0, 0.05) is 43.0 Å². The number of amides is 1. The Balaban J connectivity index is 0.00000225. The van der Waals surface area contributed by atoms with Crippen molar-refractivity contribution in [2.24, 2.45) is 4.99 Å². The molecule has 6 nitrogen and oxygen atoms in total. The van der Waals surface area contributed by atoms with Gasteiger partial charge in [0.1, 0.15) is 0 Å². The van der Waals surface area contributed by atoms with Gasteiger partial charge < -0.3 is 19.5 Å². The number of halogens is 1. The highest BCUT2D eigenvalue weighted by atomic mass is 127. The number of rotatable bonds is 3. The third-order valence-electron chi connectivity index (χ3n) is 4.03. The normalized spacial score (nSPS) is 15.0. The molecule has 3 rings (SSSR count). The fourth-order valence-electron chi connectivity index (χ4n) is 2.76. The first-order valence-corrected chi connectivity index (χ1v) is 8.82. The van der Waals surface area contributed by atoms with Crippen molar-refractivity contribution in [3.05, 3.63) is 46.0 Å². The van der Waals surface area contributed by atoms with Crippen molar-refractivity contribution in [2.75, 3.05) is 33.2 Å². The lowest BCUT2D eigenvalue weighted by molar-refractivity contribution is 0.0657. The van der Waals surface area contributed by atoms with E-state index in [1.54, 1.807) is 30.5 Å². The van der Waals surface area contributed by atoms with Crippen molar-refractivity contribution in [3.8, 4) is 0 Å². The van der Waals surface area contributed by atoms with Crippen LogP contribution in [0.4, 0.5) is 0 Å². The molecule has 1 aliphatic rings. The summed E-state index contributed by atoms with van der Waals surface area (Å²) in [5, 5.41) is 3.40. The molecule has 0 radical (unpaired) electrons.